The third-order valence-electron chi connectivity index (χ3n) is 3.49. The average molecular weight is 377 g/mol. The largest absolute Gasteiger partial charge is 0.416 e. The molecule has 0 fully saturated rings. The molecule has 1 aromatic heterocycles. The number of fused-ring (bicyclic) bond motifs is 1. The normalized spacial score (nSPS) is 11.5. The second kappa shape index (κ2) is 7.33. The average Bonchev–Trinajstić information content (AvgIpc) is 2.59. The number of aromatic nitrogens is 2. The van der Waals surface area contributed by atoms with Crippen molar-refractivity contribution < 1.29 is 18.0 Å². The van der Waals surface area contributed by atoms with E-state index in [0.717, 1.165) is 23.0 Å². The molecule has 1 amide bonds. The van der Waals surface area contributed by atoms with Gasteiger partial charge in [0.2, 0.25) is 5.91 Å². The third kappa shape index (κ3) is 4.32. The summed E-state index contributed by atoms with van der Waals surface area (Å²) in [6.07, 6.45) is -4.45. The number of carbonyl (C=O) groups excluding carboxylic acids is 1. The van der Waals surface area contributed by atoms with Crippen molar-refractivity contribution in [2.24, 2.45) is 0 Å². The molecule has 0 aliphatic heterocycles. The monoisotopic (exact) mass is 377 g/mol. The first-order valence-corrected chi connectivity index (χ1v) is 8.65. The third-order valence-corrected chi connectivity index (χ3v) is 4.48. The number of rotatable bonds is 4. The van der Waals surface area contributed by atoms with Crippen LogP contribution < -0.4 is 5.32 Å². The molecule has 0 radical (unpaired) electrons. The maximum absolute atomic E-state index is 12.7. The van der Waals surface area contributed by atoms with Crippen LogP contribution >= 0.6 is 11.8 Å². The minimum atomic E-state index is -4.45. The smallest absolute Gasteiger partial charge is 0.325 e. The van der Waals surface area contributed by atoms with Crippen LogP contribution in [-0.2, 0) is 11.0 Å². The van der Waals surface area contributed by atoms with Gasteiger partial charge in [-0.2, -0.15) is 13.2 Å². The fraction of sp³-hybridized carbons (Fsp3) is 0.167. The van der Waals surface area contributed by atoms with Gasteiger partial charge in [0.05, 0.1) is 16.8 Å². The number of alkyl halides is 3. The van der Waals surface area contributed by atoms with Crippen LogP contribution in [0.25, 0.3) is 10.9 Å². The van der Waals surface area contributed by atoms with Gasteiger partial charge in [0, 0.05) is 11.1 Å². The number of halogens is 3. The molecule has 4 nitrogen and oxygen atoms in total. The van der Waals surface area contributed by atoms with E-state index in [-0.39, 0.29) is 11.4 Å². The Morgan fingerprint density at radius 2 is 1.88 bits per heavy atom. The van der Waals surface area contributed by atoms with E-state index in [1.54, 1.807) is 6.92 Å². The number of nitrogens with one attached hydrogen (secondary N) is 1. The van der Waals surface area contributed by atoms with Gasteiger partial charge < -0.3 is 5.32 Å². The molecular formula is C18H14F3N3OS. The van der Waals surface area contributed by atoms with E-state index in [9.17, 15) is 18.0 Å². The van der Waals surface area contributed by atoms with Crippen molar-refractivity contribution in [1.29, 1.82) is 0 Å². The molecule has 0 saturated carbocycles. The van der Waals surface area contributed by atoms with Gasteiger partial charge in [0.1, 0.15) is 10.9 Å². The number of aryl methyl sites for hydroxylation is 1. The summed E-state index contributed by atoms with van der Waals surface area (Å²) in [7, 11) is 0. The molecule has 0 atom stereocenters. The van der Waals surface area contributed by atoms with Crippen LogP contribution in [-0.4, -0.2) is 21.6 Å². The Balaban J connectivity index is 1.70. The van der Waals surface area contributed by atoms with Gasteiger partial charge in [-0.05, 0) is 31.2 Å². The molecule has 0 bridgehead atoms. The highest BCUT2D eigenvalue weighted by Crippen LogP contribution is 2.31. The minimum Gasteiger partial charge on any atom is -0.325 e. The molecule has 0 aliphatic carbocycles. The summed E-state index contributed by atoms with van der Waals surface area (Å²) in [6, 6.07) is 12.0. The lowest BCUT2D eigenvalue weighted by atomic mass is 10.2. The molecule has 3 rings (SSSR count). The second-order valence-corrected chi connectivity index (χ2v) is 6.47. The molecule has 0 unspecified atom stereocenters. The van der Waals surface area contributed by atoms with Crippen LogP contribution in [0.2, 0.25) is 0 Å². The highest BCUT2D eigenvalue weighted by Gasteiger charge is 2.30. The molecule has 1 heterocycles. The number of benzene rings is 2. The predicted octanol–water partition coefficient (Wildman–Crippen LogP) is 4.69. The predicted molar refractivity (Wildman–Crippen MR) is 95.1 cm³/mol. The Hall–Kier alpha value is -2.61. The highest BCUT2D eigenvalue weighted by molar-refractivity contribution is 8.00. The van der Waals surface area contributed by atoms with E-state index in [0.29, 0.717) is 10.9 Å². The quantitative estimate of drug-likeness (QED) is 0.529. The summed E-state index contributed by atoms with van der Waals surface area (Å²) in [4.78, 5) is 20.8. The van der Waals surface area contributed by atoms with Gasteiger partial charge in [0.25, 0.3) is 0 Å². The highest BCUT2D eigenvalue weighted by atomic mass is 32.2. The zero-order chi connectivity index (χ0) is 18.7. The van der Waals surface area contributed by atoms with Crippen LogP contribution in [0, 0.1) is 6.92 Å². The Bertz CT molecular complexity index is 960. The van der Waals surface area contributed by atoms with E-state index < -0.39 is 17.6 Å². The molecule has 2 aromatic carbocycles. The lowest BCUT2D eigenvalue weighted by Crippen LogP contribution is -2.15. The Labute approximate surface area is 151 Å². The zero-order valence-electron chi connectivity index (χ0n) is 13.7. The zero-order valence-corrected chi connectivity index (χ0v) is 14.5. The topological polar surface area (TPSA) is 54.9 Å². The molecule has 26 heavy (non-hydrogen) atoms. The maximum atomic E-state index is 12.7. The van der Waals surface area contributed by atoms with E-state index in [1.165, 1.54) is 23.9 Å². The molecule has 1 N–H and O–H groups in total. The fourth-order valence-corrected chi connectivity index (χ4v) is 3.24. The molecule has 3 aromatic rings. The van der Waals surface area contributed by atoms with Gasteiger partial charge in [-0.15, -0.1) is 0 Å². The number of carbonyl (C=O) groups is 1. The molecule has 8 heteroatoms. The summed E-state index contributed by atoms with van der Waals surface area (Å²) in [5, 5.41) is 3.97. The number of hydrogen-bond donors (Lipinski definition) is 1. The Morgan fingerprint density at radius 1 is 1.12 bits per heavy atom. The van der Waals surface area contributed by atoms with Crippen LogP contribution in [0.15, 0.2) is 53.6 Å². The standard InChI is InChI=1S/C18H14F3N3OS/c1-11-22-15-8-3-2-7-14(15)17(23-11)26-10-16(25)24-13-6-4-5-12(9-13)18(19,20)21/h2-9H,10H2,1H3,(H,24,25). The first-order valence-electron chi connectivity index (χ1n) is 7.66. The van der Waals surface area contributed by atoms with Crippen molar-refractivity contribution in [3.8, 4) is 0 Å². The summed E-state index contributed by atoms with van der Waals surface area (Å²) in [5.74, 6) is 0.204. The maximum Gasteiger partial charge on any atom is 0.416 e. The molecular weight excluding hydrogens is 363 g/mol. The van der Waals surface area contributed by atoms with Gasteiger partial charge in [-0.3, -0.25) is 4.79 Å². The lowest BCUT2D eigenvalue weighted by Gasteiger charge is -2.10. The first-order chi connectivity index (χ1) is 12.3. The van der Waals surface area contributed by atoms with Crippen molar-refractivity contribution in [3.63, 3.8) is 0 Å². The van der Waals surface area contributed by atoms with Crippen molar-refractivity contribution in [1.82, 2.24) is 9.97 Å². The van der Waals surface area contributed by atoms with E-state index in [4.69, 9.17) is 0 Å². The summed E-state index contributed by atoms with van der Waals surface area (Å²) >= 11 is 1.22. The van der Waals surface area contributed by atoms with E-state index in [1.807, 2.05) is 24.3 Å². The van der Waals surface area contributed by atoms with E-state index in [2.05, 4.69) is 15.3 Å². The number of hydrogen-bond acceptors (Lipinski definition) is 4. The van der Waals surface area contributed by atoms with Crippen molar-refractivity contribution in [3.05, 3.63) is 59.9 Å². The SMILES string of the molecule is Cc1nc(SCC(=O)Nc2cccc(C(F)(F)F)c2)c2ccccc2n1. The number of para-hydroxylation sites is 1. The second-order valence-electron chi connectivity index (χ2n) is 5.51. The number of nitrogens with zero attached hydrogens (tertiary/aromatic N) is 2. The van der Waals surface area contributed by atoms with Crippen LogP contribution in [0.3, 0.4) is 0 Å². The van der Waals surface area contributed by atoms with Gasteiger partial charge in [0.15, 0.2) is 0 Å². The van der Waals surface area contributed by atoms with E-state index >= 15 is 0 Å². The summed E-state index contributed by atoms with van der Waals surface area (Å²) in [6.45, 7) is 1.76. The van der Waals surface area contributed by atoms with Crippen molar-refractivity contribution in [2.45, 2.75) is 18.1 Å². The van der Waals surface area contributed by atoms with Crippen LogP contribution in [0.4, 0.5) is 18.9 Å². The van der Waals surface area contributed by atoms with Crippen LogP contribution in [0.5, 0.6) is 0 Å². The minimum absolute atomic E-state index is 0.0245. The summed E-state index contributed by atoms with van der Waals surface area (Å²) in [5.41, 5.74) is 0.0790. The number of anilines is 1. The van der Waals surface area contributed by atoms with Gasteiger partial charge in [-0.25, -0.2) is 9.97 Å². The molecule has 0 saturated heterocycles. The molecule has 0 spiro atoms. The summed E-state index contributed by atoms with van der Waals surface area (Å²) < 4.78 is 38.2. The Kier molecular flexibility index (Phi) is 5.13. The Morgan fingerprint density at radius 3 is 2.65 bits per heavy atom. The number of thioether (sulfide) groups is 1. The lowest BCUT2D eigenvalue weighted by molar-refractivity contribution is -0.137. The van der Waals surface area contributed by atoms with Gasteiger partial charge in [-0.1, -0.05) is 36.0 Å². The van der Waals surface area contributed by atoms with Crippen molar-refractivity contribution >= 4 is 34.3 Å². The first kappa shape index (κ1) is 18.2. The fourth-order valence-electron chi connectivity index (χ4n) is 2.37. The van der Waals surface area contributed by atoms with Gasteiger partial charge >= 0.3 is 6.18 Å². The number of amides is 1. The van der Waals surface area contributed by atoms with Crippen molar-refractivity contribution in [2.75, 3.05) is 11.1 Å². The molecule has 0 aliphatic rings. The molecule has 134 valence electrons. The van der Waals surface area contributed by atoms with Crippen LogP contribution in [0.1, 0.15) is 11.4 Å².